The molecule has 2 N–H and O–H groups in total. The maximum Gasteiger partial charge on any atom is 0.431 e. The number of hydrogen-bond donors (Lipinski definition) is 2. The molecule has 1 heterocycles. The number of sulfone groups is 1. The van der Waals surface area contributed by atoms with Gasteiger partial charge in [-0.1, -0.05) is 25.4 Å². The molecule has 1 aromatic rings. The largest absolute Gasteiger partial charge is 0.431 e. The standard InChI is InChI=1S/C22H26ClF3N4O4S/c1-5-12(3)16(10-18(27-11-31)22(24,25)26)28-13(4)19-17(35(33,34)6-2)9-15(23)20(29-19)30-21(32)14-7-8-14/h9-11,14H,5-8H2,1-4H3,(H,27,31)(H,29,30,32)/b16-12+,18-10-,28-13?. The number of hydrogen-bond acceptors (Lipinski definition) is 6. The van der Waals surface area contributed by atoms with Crippen LogP contribution in [0.25, 0.3) is 0 Å². The summed E-state index contributed by atoms with van der Waals surface area (Å²) in [6.07, 6.45) is -2.55. The number of halogens is 4. The molecule has 1 aliphatic carbocycles. The smallest absolute Gasteiger partial charge is 0.325 e. The predicted octanol–water partition coefficient (Wildman–Crippen LogP) is 4.56. The number of pyridine rings is 1. The van der Waals surface area contributed by atoms with Crippen molar-refractivity contribution in [1.29, 1.82) is 0 Å². The van der Waals surface area contributed by atoms with Crippen molar-refractivity contribution >= 4 is 45.3 Å². The highest BCUT2D eigenvalue weighted by Gasteiger charge is 2.34. The van der Waals surface area contributed by atoms with Crippen molar-refractivity contribution in [2.45, 2.75) is 58.0 Å². The van der Waals surface area contributed by atoms with Gasteiger partial charge in [0.1, 0.15) is 11.4 Å². The monoisotopic (exact) mass is 534 g/mol. The van der Waals surface area contributed by atoms with Gasteiger partial charge in [0.2, 0.25) is 12.3 Å². The highest BCUT2D eigenvalue weighted by Crippen LogP contribution is 2.33. The summed E-state index contributed by atoms with van der Waals surface area (Å²) in [7, 11) is -3.87. The number of nitrogens with zero attached hydrogens (tertiary/aromatic N) is 2. The zero-order chi connectivity index (χ0) is 26.6. The summed E-state index contributed by atoms with van der Waals surface area (Å²) >= 11 is 6.20. The van der Waals surface area contributed by atoms with Crippen LogP contribution in [0, 0.1) is 5.92 Å². The van der Waals surface area contributed by atoms with Crippen LogP contribution in [0.4, 0.5) is 19.0 Å². The molecular weight excluding hydrogens is 509 g/mol. The molecule has 1 aromatic heterocycles. The summed E-state index contributed by atoms with van der Waals surface area (Å²) in [5.41, 5.74) is -1.21. The van der Waals surface area contributed by atoms with Crippen LogP contribution in [0.1, 0.15) is 52.7 Å². The van der Waals surface area contributed by atoms with Crippen molar-refractivity contribution in [3.05, 3.63) is 39.8 Å². The molecule has 0 aromatic carbocycles. The van der Waals surface area contributed by atoms with Crippen LogP contribution >= 0.6 is 11.6 Å². The van der Waals surface area contributed by atoms with Crippen LogP contribution in [0.2, 0.25) is 5.02 Å². The first-order valence-corrected chi connectivity index (χ1v) is 12.8. The Morgan fingerprint density at radius 1 is 1.29 bits per heavy atom. The van der Waals surface area contributed by atoms with Gasteiger partial charge in [0, 0.05) is 5.92 Å². The van der Waals surface area contributed by atoms with E-state index in [0.29, 0.717) is 30.9 Å². The van der Waals surface area contributed by atoms with Crippen molar-refractivity contribution in [2.75, 3.05) is 11.1 Å². The van der Waals surface area contributed by atoms with Gasteiger partial charge in [-0.25, -0.2) is 13.4 Å². The summed E-state index contributed by atoms with van der Waals surface area (Å²) in [5, 5.41) is 4.09. The second-order valence-electron chi connectivity index (χ2n) is 7.87. The fraction of sp³-hybridized carbons (Fsp3) is 0.455. The second kappa shape index (κ2) is 11.3. The molecule has 192 valence electrons. The normalized spacial score (nSPS) is 16.0. The molecule has 0 unspecified atom stereocenters. The molecule has 0 radical (unpaired) electrons. The van der Waals surface area contributed by atoms with Gasteiger partial charge in [-0.05, 0) is 50.8 Å². The third-order valence-corrected chi connectivity index (χ3v) is 7.27. The topological polar surface area (TPSA) is 118 Å². The number of carbonyl (C=O) groups excluding carboxylic acids is 2. The highest BCUT2D eigenvalue weighted by atomic mass is 35.5. The van der Waals surface area contributed by atoms with E-state index in [1.807, 2.05) is 0 Å². The predicted molar refractivity (Wildman–Crippen MR) is 127 cm³/mol. The molecule has 0 bridgehead atoms. The lowest BCUT2D eigenvalue weighted by Crippen LogP contribution is -2.25. The quantitative estimate of drug-likeness (QED) is 0.259. The van der Waals surface area contributed by atoms with E-state index in [1.165, 1.54) is 13.8 Å². The van der Waals surface area contributed by atoms with Gasteiger partial charge >= 0.3 is 6.18 Å². The molecule has 35 heavy (non-hydrogen) atoms. The maximum absolute atomic E-state index is 13.3. The number of carbonyl (C=O) groups is 2. The van der Waals surface area contributed by atoms with Crippen molar-refractivity contribution in [1.82, 2.24) is 10.3 Å². The summed E-state index contributed by atoms with van der Waals surface area (Å²) in [4.78, 5) is 31.1. The van der Waals surface area contributed by atoms with Gasteiger partial charge < -0.3 is 10.6 Å². The third-order valence-electron chi connectivity index (χ3n) is 5.25. The van der Waals surface area contributed by atoms with E-state index in [2.05, 4.69) is 15.3 Å². The minimum Gasteiger partial charge on any atom is -0.325 e. The first-order valence-electron chi connectivity index (χ1n) is 10.7. The Morgan fingerprint density at radius 3 is 2.40 bits per heavy atom. The Hall–Kier alpha value is -2.73. The molecule has 0 saturated heterocycles. The molecule has 13 heteroatoms. The molecule has 1 aliphatic rings. The fourth-order valence-corrected chi connectivity index (χ4v) is 4.21. The van der Waals surface area contributed by atoms with Gasteiger partial charge in [-0.3, -0.25) is 14.6 Å². The molecule has 0 spiro atoms. The lowest BCUT2D eigenvalue weighted by Gasteiger charge is -2.15. The van der Waals surface area contributed by atoms with Crippen molar-refractivity contribution in [3.8, 4) is 0 Å². The number of rotatable bonds is 10. The number of aromatic nitrogens is 1. The van der Waals surface area contributed by atoms with Crippen LogP contribution in [0.15, 0.2) is 39.0 Å². The van der Waals surface area contributed by atoms with Crippen molar-refractivity contribution in [2.24, 2.45) is 10.9 Å². The Bertz CT molecular complexity index is 1200. The molecule has 2 amide bonds. The second-order valence-corrected chi connectivity index (χ2v) is 10.5. The summed E-state index contributed by atoms with van der Waals surface area (Å²) < 4.78 is 65.5. The Kier molecular flexibility index (Phi) is 9.23. The minimum absolute atomic E-state index is 0.0257. The molecule has 1 saturated carbocycles. The lowest BCUT2D eigenvalue weighted by molar-refractivity contribution is -0.117. The number of aliphatic imine (C=N–C) groups is 1. The average molecular weight is 535 g/mol. The van der Waals surface area contributed by atoms with Gasteiger partial charge in [0.05, 0.1) is 27.1 Å². The van der Waals surface area contributed by atoms with E-state index in [-0.39, 0.29) is 56.8 Å². The van der Waals surface area contributed by atoms with E-state index in [4.69, 9.17) is 11.6 Å². The van der Waals surface area contributed by atoms with Crippen LogP contribution in [0.3, 0.4) is 0 Å². The van der Waals surface area contributed by atoms with Crippen LogP contribution in [0.5, 0.6) is 0 Å². The average Bonchev–Trinajstić information content (AvgIpc) is 3.63. The minimum atomic E-state index is -4.86. The zero-order valence-electron chi connectivity index (χ0n) is 19.6. The molecule has 0 atom stereocenters. The van der Waals surface area contributed by atoms with E-state index in [1.54, 1.807) is 19.2 Å². The van der Waals surface area contributed by atoms with Gasteiger partial charge in [-0.2, -0.15) is 13.2 Å². The number of amides is 2. The van der Waals surface area contributed by atoms with Gasteiger partial charge in [-0.15, -0.1) is 0 Å². The molecule has 1 fully saturated rings. The number of allylic oxidation sites excluding steroid dienone is 3. The lowest BCUT2D eigenvalue weighted by atomic mass is 10.1. The van der Waals surface area contributed by atoms with Crippen molar-refractivity contribution < 1.29 is 31.2 Å². The SMILES string of the molecule is CC/C(C)=C(\C=C(/NC=O)C(F)(F)F)N=C(C)c1nc(NC(=O)C2CC2)c(Cl)cc1S(=O)(=O)CC. The summed E-state index contributed by atoms with van der Waals surface area (Å²) in [5.74, 6) is -0.860. The van der Waals surface area contributed by atoms with Gasteiger partial charge in [0.15, 0.2) is 15.7 Å². The van der Waals surface area contributed by atoms with Crippen LogP contribution in [-0.4, -0.2) is 43.4 Å². The van der Waals surface area contributed by atoms with Crippen LogP contribution in [-0.2, 0) is 19.4 Å². The molecule has 8 nitrogen and oxygen atoms in total. The molecule has 2 rings (SSSR count). The summed E-state index contributed by atoms with van der Waals surface area (Å²) in [6.45, 7) is 6.05. The Morgan fingerprint density at radius 2 is 1.91 bits per heavy atom. The number of nitrogens with one attached hydrogen (secondary N) is 2. The maximum atomic E-state index is 13.3. The first-order chi connectivity index (χ1) is 16.2. The number of anilines is 1. The Balaban J connectivity index is 2.72. The zero-order valence-corrected chi connectivity index (χ0v) is 21.2. The van der Waals surface area contributed by atoms with Crippen molar-refractivity contribution in [3.63, 3.8) is 0 Å². The van der Waals surface area contributed by atoms with E-state index >= 15 is 0 Å². The summed E-state index contributed by atoms with van der Waals surface area (Å²) in [6, 6.07) is 1.14. The third kappa shape index (κ3) is 7.38. The highest BCUT2D eigenvalue weighted by molar-refractivity contribution is 7.91. The fourth-order valence-electron chi connectivity index (χ4n) is 2.85. The van der Waals surface area contributed by atoms with E-state index in [9.17, 15) is 31.2 Å². The molecule has 0 aliphatic heterocycles. The van der Waals surface area contributed by atoms with Gasteiger partial charge in [0.25, 0.3) is 0 Å². The molecular formula is C22H26ClF3N4O4S. The van der Waals surface area contributed by atoms with E-state index in [0.717, 1.165) is 6.07 Å². The Labute approximate surface area is 206 Å². The number of alkyl halides is 3. The van der Waals surface area contributed by atoms with Crippen LogP contribution < -0.4 is 10.6 Å². The van der Waals surface area contributed by atoms with E-state index < -0.39 is 21.7 Å². The first kappa shape index (κ1) is 28.5.